The predicted octanol–water partition coefficient (Wildman–Crippen LogP) is 1.65. The molecule has 1 saturated heterocycles. The van der Waals surface area contributed by atoms with Gasteiger partial charge in [-0.3, -0.25) is 9.36 Å². The number of halogens is 2. The fraction of sp³-hybridized carbons (Fsp3) is 0.300. The SMILES string of the molecule is CCOC(=O)c1cn(-c2ccc(F)cn2)c2nc(N3CCNCC3)c(F)cc2c1=O. The molecule has 1 aliphatic rings. The van der Waals surface area contributed by atoms with Crippen LogP contribution >= 0.6 is 0 Å². The minimum Gasteiger partial charge on any atom is -0.462 e. The second-order valence-electron chi connectivity index (χ2n) is 6.70. The lowest BCUT2D eigenvalue weighted by Gasteiger charge is -2.29. The highest BCUT2D eigenvalue weighted by atomic mass is 19.1. The molecule has 30 heavy (non-hydrogen) atoms. The molecule has 8 nitrogen and oxygen atoms in total. The highest BCUT2D eigenvalue weighted by molar-refractivity contribution is 5.93. The number of nitrogens with one attached hydrogen (secondary N) is 1. The molecule has 0 spiro atoms. The van der Waals surface area contributed by atoms with E-state index in [0.29, 0.717) is 26.2 Å². The van der Waals surface area contributed by atoms with E-state index in [-0.39, 0.29) is 34.8 Å². The zero-order valence-electron chi connectivity index (χ0n) is 16.2. The molecule has 0 radical (unpaired) electrons. The maximum atomic E-state index is 14.9. The smallest absolute Gasteiger partial charge is 0.343 e. The summed E-state index contributed by atoms with van der Waals surface area (Å²) in [6, 6.07) is 3.64. The molecule has 10 heteroatoms. The van der Waals surface area contributed by atoms with Crippen molar-refractivity contribution < 1.29 is 18.3 Å². The quantitative estimate of drug-likeness (QED) is 0.648. The van der Waals surface area contributed by atoms with Gasteiger partial charge in [-0.15, -0.1) is 0 Å². The van der Waals surface area contributed by atoms with Gasteiger partial charge in [-0.1, -0.05) is 0 Å². The van der Waals surface area contributed by atoms with E-state index in [4.69, 9.17) is 4.74 Å². The average Bonchev–Trinajstić information content (AvgIpc) is 2.75. The van der Waals surface area contributed by atoms with Crippen molar-refractivity contribution in [2.45, 2.75) is 6.92 Å². The average molecular weight is 415 g/mol. The number of rotatable bonds is 4. The Kier molecular flexibility index (Phi) is 5.40. The van der Waals surface area contributed by atoms with Crippen molar-refractivity contribution in [2.24, 2.45) is 0 Å². The van der Waals surface area contributed by atoms with E-state index in [1.54, 1.807) is 11.8 Å². The monoisotopic (exact) mass is 415 g/mol. The van der Waals surface area contributed by atoms with Gasteiger partial charge >= 0.3 is 5.97 Å². The van der Waals surface area contributed by atoms with E-state index in [1.807, 2.05) is 0 Å². The Bertz CT molecular complexity index is 1160. The van der Waals surface area contributed by atoms with Crippen molar-refractivity contribution in [2.75, 3.05) is 37.7 Å². The molecule has 1 fully saturated rings. The van der Waals surface area contributed by atoms with Crippen LogP contribution in [0.4, 0.5) is 14.6 Å². The number of fused-ring (bicyclic) bond motifs is 1. The molecule has 0 saturated carbocycles. The third kappa shape index (κ3) is 3.61. The second kappa shape index (κ2) is 8.15. The van der Waals surface area contributed by atoms with Crippen molar-refractivity contribution in [3.8, 4) is 5.82 Å². The summed E-state index contributed by atoms with van der Waals surface area (Å²) in [6.07, 6.45) is 2.25. The highest BCUT2D eigenvalue weighted by Crippen LogP contribution is 2.23. The largest absolute Gasteiger partial charge is 0.462 e. The number of ether oxygens (including phenoxy) is 1. The number of pyridine rings is 3. The predicted molar refractivity (Wildman–Crippen MR) is 106 cm³/mol. The lowest BCUT2D eigenvalue weighted by Crippen LogP contribution is -2.44. The molecule has 0 atom stereocenters. The number of aromatic nitrogens is 3. The van der Waals surface area contributed by atoms with Gasteiger partial charge in [0.15, 0.2) is 17.3 Å². The normalized spacial score (nSPS) is 14.2. The van der Waals surface area contributed by atoms with Gasteiger partial charge < -0.3 is 15.0 Å². The standard InChI is InChI=1S/C20H19F2N5O3/c1-2-30-20(29)14-11-27(16-4-3-12(21)10-24-16)18-13(17(14)28)9-15(22)19(25-18)26-7-5-23-6-8-26/h3-4,9-11,23H,2,5-8H2,1H3. The lowest BCUT2D eigenvalue weighted by molar-refractivity contribution is 0.0524. The number of hydrogen-bond donors (Lipinski definition) is 1. The number of piperazine rings is 1. The van der Waals surface area contributed by atoms with Gasteiger partial charge in [-0.05, 0) is 25.1 Å². The van der Waals surface area contributed by atoms with Gasteiger partial charge in [-0.25, -0.2) is 23.5 Å². The van der Waals surface area contributed by atoms with Crippen LogP contribution in [-0.4, -0.2) is 53.3 Å². The summed E-state index contributed by atoms with van der Waals surface area (Å²) < 4.78 is 34.6. The number of carbonyl (C=O) groups is 1. The van der Waals surface area contributed by atoms with Crippen LogP contribution in [-0.2, 0) is 4.74 Å². The molecule has 1 aliphatic heterocycles. The first kappa shape index (κ1) is 19.9. The molecular formula is C20H19F2N5O3. The Labute approximate surface area is 170 Å². The molecule has 0 amide bonds. The molecule has 156 valence electrons. The summed E-state index contributed by atoms with van der Waals surface area (Å²) in [5, 5.41) is 3.09. The fourth-order valence-electron chi connectivity index (χ4n) is 3.35. The van der Waals surface area contributed by atoms with Crippen LogP contribution in [0.25, 0.3) is 16.9 Å². The Morgan fingerprint density at radius 2 is 2.03 bits per heavy atom. The van der Waals surface area contributed by atoms with Gasteiger partial charge in [0.05, 0.1) is 18.2 Å². The third-order valence-corrected chi connectivity index (χ3v) is 4.78. The zero-order chi connectivity index (χ0) is 21.3. The Hall–Kier alpha value is -3.40. The van der Waals surface area contributed by atoms with Crippen LogP contribution in [0, 0.1) is 11.6 Å². The molecule has 3 aromatic rings. The molecule has 0 aromatic carbocycles. The summed E-state index contributed by atoms with van der Waals surface area (Å²) in [6.45, 7) is 4.13. The highest BCUT2D eigenvalue weighted by Gasteiger charge is 2.23. The number of hydrogen-bond acceptors (Lipinski definition) is 7. The number of carbonyl (C=O) groups excluding carboxylic acids is 1. The summed E-state index contributed by atoms with van der Waals surface area (Å²) >= 11 is 0. The van der Waals surface area contributed by atoms with E-state index in [9.17, 15) is 18.4 Å². The first-order valence-corrected chi connectivity index (χ1v) is 9.50. The van der Waals surface area contributed by atoms with Crippen molar-refractivity contribution in [1.29, 1.82) is 0 Å². The minimum absolute atomic E-state index is 0.0691. The summed E-state index contributed by atoms with van der Waals surface area (Å²) in [5.74, 6) is -1.73. The van der Waals surface area contributed by atoms with Crippen LogP contribution in [0.2, 0.25) is 0 Å². The maximum absolute atomic E-state index is 14.9. The zero-order valence-corrected chi connectivity index (χ0v) is 16.2. The van der Waals surface area contributed by atoms with Gasteiger partial charge in [0.2, 0.25) is 5.43 Å². The van der Waals surface area contributed by atoms with E-state index in [1.165, 1.54) is 22.9 Å². The number of nitrogens with zero attached hydrogens (tertiary/aromatic N) is 4. The topological polar surface area (TPSA) is 89.3 Å². The van der Waals surface area contributed by atoms with E-state index in [2.05, 4.69) is 15.3 Å². The summed E-state index contributed by atoms with van der Waals surface area (Å²) in [7, 11) is 0. The molecule has 0 bridgehead atoms. The first-order chi connectivity index (χ1) is 14.5. The maximum Gasteiger partial charge on any atom is 0.343 e. The van der Waals surface area contributed by atoms with Gasteiger partial charge in [0.25, 0.3) is 0 Å². The molecule has 3 aromatic heterocycles. The van der Waals surface area contributed by atoms with Crippen LogP contribution in [0.3, 0.4) is 0 Å². The van der Waals surface area contributed by atoms with Crippen molar-refractivity contribution in [3.63, 3.8) is 0 Å². The number of esters is 1. The van der Waals surface area contributed by atoms with Gasteiger partial charge in [0, 0.05) is 32.4 Å². The van der Waals surface area contributed by atoms with E-state index >= 15 is 0 Å². The van der Waals surface area contributed by atoms with E-state index < -0.39 is 23.0 Å². The molecular weight excluding hydrogens is 396 g/mol. The van der Waals surface area contributed by atoms with Crippen LogP contribution in [0.15, 0.2) is 35.4 Å². The Morgan fingerprint density at radius 3 is 2.70 bits per heavy atom. The molecule has 1 N–H and O–H groups in total. The van der Waals surface area contributed by atoms with Crippen molar-refractivity contribution in [3.05, 3.63) is 58.0 Å². The van der Waals surface area contributed by atoms with E-state index in [0.717, 1.165) is 12.3 Å². The second-order valence-corrected chi connectivity index (χ2v) is 6.70. The van der Waals surface area contributed by atoms with Crippen LogP contribution < -0.4 is 15.6 Å². The molecule has 4 rings (SSSR count). The van der Waals surface area contributed by atoms with Crippen LogP contribution in [0.5, 0.6) is 0 Å². The Balaban J connectivity index is 1.98. The van der Waals surface area contributed by atoms with Crippen molar-refractivity contribution >= 4 is 22.8 Å². The van der Waals surface area contributed by atoms with Crippen LogP contribution in [0.1, 0.15) is 17.3 Å². The summed E-state index contributed by atoms with van der Waals surface area (Å²) in [4.78, 5) is 35.4. The third-order valence-electron chi connectivity index (χ3n) is 4.78. The molecule has 0 unspecified atom stereocenters. The number of anilines is 1. The van der Waals surface area contributed by atoms with Gasteiger partial charge in [-0.2, -0.15) is 0 Å². The summed E-state index contributed by atoms with van der Waals surface area (Å²) in [5.41, 5.74) is -0.867. The van der Waals surface area contributed by atoms with Gasteiger partial charge in [0.1, 0.15) is 17.2 Å². The minimum atomic E-state index is -0.841. The molecule has 0 aliphatic carbocycles. The first-order valence-electron chi connectivity index (χ1n) is 9.50. The lowest BCUT2D eigenvalue weighted by atomic mass is 10.1. The van der Waals surface area contributed by atoms with Crippen molar-refractivity contribution in [1.82, 2.24) is 19.9 Å². The Morgan fingerprint density at radius 1 is 1.27 bits per heavy atom. The molecule has 4 heterocycles. The fourth-order valence-corrected chi connectivity index (χ4v) is 3.35.